The maximum Gasteiger partial charge on any atom is 0.234 e. The molecule has 0 aliphatic carbocycles. The van der Waals surface area contributed by atoms with Gasteiger partial charge in [-0.2, -0.15) is 0 Å². The SMILES string of the molecule is CN(c1cccnc1)S(=O)(=O)CCCN. The van der Waals surface area contributed by atoms with Gasteiger partial charge in [0.15, 0.2) is 0 Å². The summed E-state index contributed by atoms with van der Waals surface area (Å²) in [6.45, 7) is 0.375. The summed E-state index contributed by atoms with van der Waals surface area (Å²) in [5.41, 5.74) is 5.84. The van der Waals surface area contributed by atoms with Gasteiger partial charge in [0.2, 0.25) is 10.0 Å². The quantitative estimate of drug-likeness (QED) is 0.782. The number of nitrogens with two attached hydrogens (primary N) is 1. The summed E-state index contributed by atoms with van der Waals surface area (Å²) in [6, 6.07) is 3.40. The molecule has 84 valence electrons. The van der Waals surface area contributed by atoms with Crippen molar-refractivity contribution in [3.63, 3.8) is 0 Å². The molecule has 0 bridgehead atoms. The summed E-state index contributed by atoms with van der Waals surface area (Å²) in [7, 11) is -1.75. The molecule has 5 nitrogen and oxygen atoms in total. The van der Waals surface area contributed by atoms with Gasteiger partial charge in [0.1, 0.15) is 0 Å². The molecule has 0 atom stereocenters. The van der Waals surface area contributed by atoms with Crippen molar-refractivity contribution < 1.29 is 8.42 Å². The molecule has 0 unspecified atom stereocenters. The van der Waals surface area contributed by atoms with Gasteiger partial charge in [-0.25, -0.2) is 8.42 Å². The fourth-order valence-corrected chi connectivity index (χ4v) is 2.34. The third-order valence-electron chi connectivity index (χ3n) is 2.03. The summed E-state index contributed by atoms with van der Waals surface area (Å²) in [5, 5.41) is 0. The lowest BCUT2D eigenvalue weighted by Gasteiger charge is -2.18. The fourth-order valence-electron chi connectivity index (χ4n) is 1.10. The number of nitrogens with zero attached hydrogens (tertiary/aromatic N) is 2. The van der Waals surface area contributed by atoms with Crippen LogP contribution in [0.2, 0.25) is 0 Å². The molecule has 0 aliphatic rings. The molecule has 1 heterocycles. The lowest BCUT2D eigenvalue weighted by molar-refractivity contribution is 0.592. The molecule has 0 aliphatic heterocycles. The third-order valence-corrected chi connectivity index (χ3v) is 3.88. The second kappa shape index (κ2) is 5.09. The number of anilines is 1. The molecule has 1 aromatic heterocycles. The number of aromatic nitrogens is 1. The first-order chi connectivity index (χ1) is 7.08. The minimum absolute atomic E-state index is 0.0644. The lowest BCUT2D eigenvalue weighted by atomic mass is 10.4. The molecule has 0 saturated carbocycles. The summed E-state index contributed by atoms with van der Waals surface area (Å²) >= 11 is 0. The van der Waals surface area contributed by atoms with Crippen LogP contribution in [-0.4, -0.2) is 32.7 Å². The molecule has 1 rings (SSSR count). The molecule has 2 N–H and O–H groups in total. The van der Waals surface area contributed by atoms with Crippen LogP contribution in [-0.2, 0) is 10.0 Å². The predicted octanol–water partition coefficient (Wildman–Crippen LogP) is 0.196. The van der Waals surface area contributed by atoms with Crippen LogP contribution in [0.3, 0.4) is 0 Å². The zero-order chi connectivity index (χ0) is 11.3. The van der Waals surface area contributed by atoms with Crippen LogP contribution in [0, 0.1) is 0 Å². The normalized spacial score (nSPS) is 11.3. The van der Waals surface area contributed by atoms with E-state index >= 15 is 0 Å². The highest BCUT2D eigenvalue weighted by Gasteiger charge is 2.17. The molecule has 0 radical (unpaired) electrons. The van der Waals surface area contributed by atoms with Crippen molar-refractivity contribution in [1.29, 1.82) is 0 Å². The van der Waals surface area contributed by atoms with Crippen LogP contribution >= 0.6 is 0 Å². The first-order valence-corrected chi connectivity index (χ1v) is 6.25. The monoisotopic (exact) mass is 229 g/mol. The van der Waals surface area contributed by atoms with Crippen LogP contribution in [0.25, 0.3) is 0 Å². The summed E-state index contributed by atoms with van der Waals surface area (Å²) in [4.78, 5) is 3.87. The Balaban J connectivity index is 2.80. The van der Waals surface area contributed by atoms with Gasteiger partial charge in [-0.15, -0.1) is 0 Å². The highest BCUT2D eigenvalue weighted by Crippen LogP contribution is 2.14. The Morgan fingerprint density at radius 1 is 1.53 bits per heavy atom. The van der Waals surface area contributed by atoms with Gasteiger partial charge in [0.05, 0.1) is 17.6 Å². The van der Waals surface area contributed by atoms with E-state index in [1.165, 1.54) is 17.5 Å². The largest absolute Gasteiger partial charge is 0.330 e. The van der Waals surface area contributed by atoms with E-state index in [1.54, 1.807) is 18.3 Å². The Labute approximate surface area is 90.0 Å². The first-order valence-electron chi connectivity index (χ1n) is 4.64. The maximum atomic E-state index is 11.7. The van der Waals surface area contributed by atoms with Crippen molar-refractivity contribution in [2.24, 2.45) is 5.73 Å². The molecule has 0 aromatic carbocycles. The van der Waals surface area contributed by atoms with E-state index < -0.39 is 10.0 Å². The van der Waals surface area contributed by atoms with Gasteiger partial charge in [-0.1, -0.05) is 0 Å². The summed E-state index contributed by atoms with van der Waals surface area (Å²) in [6.07, 6.45) is 3.58. The summed E-state index contributed by atoms with van der Waals surface area (Å²) < 4.78 is 24.7. The smallest absolute Gasteiger partial charge is 0.234 e. The lowest BCUT2D eigenvalue weighted by Crippen LogP contribution is -2.29. The molecule has 0 amide bonds. The van der Waals surface area contributed by atoms with Gasteiger partial charge < -0.3 is 5.73 Å². The van der Waals surface area contributed by atoms with Crippen molar-refractivity contribution in [2.45, 2.75) is 6.42 Å². The minimum Gasteiger partial charge on any atom is -0.330 e. The molecular formula is C9H15N3O2S. The highest BCUT2D eigenvalue weighted by molar-refractivity contribution is 7.92. The average Bonchev–Trinajstić information content (AvgIpc) is 2.26. The van der Waals surface area contributed by atoms with Gasteiger partial charge >= 0.3 is 0 Å². The topological polar surface area (TPSA) is 76.3 Å². The van der Waals surface area contributed by atoms with Crippen LogP contribution < -0.4 is 10.0 Å². The zero-order valence-electron chi connectivity index (χ0n) is 8.63. The van der Waals surface area contributed by atoms with Crippen molar-refractivity contribution in [1.82, 2.24) is 4.98 Å². The molecule has 0 spiro atoms. The van der Waals surface area contributed by atoms with E-state index in [0.29, 0.717) is 18.7 Å². The standard InChI is InChI=1S/C9H15N3O2S/c1-12(9-4-2-6-11-8-9)15(13,14)7-3-5-10/h2,4,6,8H,3,5,7,10H2,1H3. The number of sulfonamides is 1. The predicted molar refractivity (Wildman–Crippen MR) is 60.1 cm³/mol. The zero-order valence-corrected chi connectivity index (χ0v) is 9.44. The van der Waals surface area contributed by atoms with E-state index in [0.717, 1.165) is 0 Å². The van der Waals surface area contributed by atoms with Crippen molar-refractivity contribution in [3.8, 4) is 0 Å². The second-order valence-electron chi connectivity index (χ2n) is 3.14. The van der Waals surface area contributed by atoms with Crippen LogP contribution in [0.4, 0.5) is 5.69 Å². The molecule has 1 aromatic rings. The number of rotatable bonds is 5. The highest BCUT2D eigenvalue weighted by atomic mass is 32.2. The van der Waals surface area contributed by atoms with Crippen molar-refractivity contribution in [3.05, 3.63) is 24.5 Å². The van der Waals surface area contributed by atoms with E-state index in [-0.39, 0.29) is 5.75 Å². The summed E-state index contributed by atoms with van der Waals surface area (Å²) in [5.74, 6) is 0.0644. The molecule has 0 saturated heterocycles. The second-order valence-corrected chi connectivity index (χ2v) is 5.26. The van der Waals surface area contributed by atoms with Gasteiger partial charge in [-0.3, -0.25) is 9.29 Å². The van der Waals surface area contributed by atoms with Gasteiger partial charge in [0.25, 0.3) is 0 Å². The van der Waals surface area contributed by atoms with E-state index in [2.05, 4.69) is 4.98 Å². The van der Waals surface area contributed by atoms with E-state index in [1.807, 2.05) is 0 Å². The number of hydrogen-bond acceptors (Lipinski definition) is 4. The van der Waals surface area contributed by atoms with Crippen LogP contribution in [0.5, 0.6) is 0 Å². The van der Waals surface area contributed by atoms with Gasteiger partial charge in [-0.05, 0) is 25.1 Å². The molecule has 0 fully saturated rings. The Morgan fingerprint density at radius 2 is 2.27 bits per heavy atom. The van der Waals surface area contributed by atoms with E-state index in [9.17, 15) is 8.42 Å². The molecule has 6 heteroatoms. The van der Waals surface area contributed by atoms with Crippen molar-refractivity contribution >= 4 is 15.7 Å². The van der Waals surface area contributed by atoms with Crippen molar-refractivity contribution in [2.75, 3.05) is 23.7 Å². The van der Waals surface area contributed by atoms with Gasteiger partial charge in [0, 0.05) is 13.2 Å². The minimum atomic E-state index is -3.26. The van der Waals surface area contributed by atoms with Crippen LogP contribution in [0.1, 0.15) is 6.42 Å². The third kappa shape index (κ3) is 3.17. The Bertz CT molecular complexity index is 391. The fraction of sp³-hybridized carbons (Fsp3) is 0.444. The average molecular weight is 229 g/mol. The maximum absolute atomic E-state index is 11.7. The Kier molecular flexibility index (Phi) is 4.05. The van der Waals surface area contributed by atoms with Crippen LogP contribution in [0.15, 0.2) is 24.5 Å². The number of pyridine rings is 1. The number of hydrogen-bond donors (Lipinski definition) is 1. The molecular weight excluding hydrogens is 214 g/mol. The Hall–Kier alpha value is -1.14. The molecule has 15 heavy (non-hydrogen) atoms. The Morgan fingerprint density at radius 3 is 2.80 bits per heavy atom. The van der Waals surface area contributed by atoms with E-state index in [4.69, 9.17) is 5.73 Å². The first kappa shape index (κ1) is 11.9.